The predicted octanol–water partition coefficient (Wildman–Crippen LogP) is 2.05. The minimum atomic E-state index is 0.496. The Balaban J connectivity index is 2.94. The second-order valence-corrected chi connectivity index (χ2v) is 2.42. The van der Waals surface area contributed by atoms with Crippen molar-refractivity contribution >= 4 is 0 Å². The zero-order valence-electron chi connectivity index (χ0n) is 6.23. The van der Waals surface area contributed by atoms with Crippen molar-refractivity contribution in [1.29, 1.82) is 0 Å². The number of nitrogens with one attached hydrogen (secondary N) is 1. The minimum Gasteiger partial charge on any atom is -0.362 e. The molecule has 0 aromatic carbocycles. The average Bonchev–Trinajstić information content (AvgIpc) is 2.13. The summed E-state index contributed by atoms with van der Waals surface area (Å²) in [6.45, 7) is 11.1. The van der Waals surface area contributed by atoms with Gasteiger partial charge in [0.1, 0.15) is 0 Å². The van der Waals surface area contributed by atoms with E-state index >= 15 is 0 Å². The first-order valence-corrected chi connectivity index (χ1v) is 3.22. The molecule has 2 heteroatoms. The number of nitrogens with zero attached hydrogens (tertiary/aromatic N) is 1. The molecule has 0 saturated heterocycles. The van der Waals surface area contributed by atoms with Gasteiger partial charge in [0.25, 0.3) is 0 Å². The summed E-state index contributed by atoms with van der Waals surface area (Å²) < 4.78 is 0. The first-order chi connectivity index (χ1) is 4.74. The van der Waals surface area contributed by atoms with E-state index in [1.54, 1.807) is 0 Å². The normalized spacial score (nSPS) is 9.30. The first kappa shape index (κ1) is 6.88. The molecule has 0 aliphatic carbocycles. The van der Waals surface area contributed by atoms with Crippen LogP contribution in [0.15, 0.2) is 6.07 Å². The number of aromatic amines is 1. The summed E-state index contributed by atoms with van der Waals surface area (Å²) in [5.41, 5.74) is 3.37. The van der Waals surface area contributed by atoms with Gasteiger partial charge in [-0.2, -0.15) is 0 Å². The van der Waals surface area contributed by atoms with Crippen molar-refractivity contribution in [1.82, 2.24) is 4.98 Å². The molecule has 1 N–H and O–H groups in total. The molecule has 0 unspecified atom stereocenters. The second-order valence-electron chi connectivity index (χ2n) is 2.42. The summed E-state index contributed by atoms with van der Waals surface area (Å²) in [4.78, 5) is 6.46. The Morgan fingerprint density at radius 1 is 1.60 bits per heavy atom. The molecule has 0 aliphatic rings. The molecule has 0 atom stereocenters. The van der Waals surface area contributed by atoms with Crippen LogP contribution in [0.2, 0.25) is 0 Å². The van der Waals surface area contributed by atoms with E-state index in [1.807, 2.05) is 19.9 Å². The lowest BCUT2D eigenvalue weighted by Gasteiger charge is -1.84. The highest BCUT2D eigenvalue weighted by atomic mass is 14.7. The number of aromatic nitrogens is 1. The highest BCUT2D eigenvalue weighted by molar-refractivity contribution is 5.25. The Bertz CT molecular complexity index is 265. The van der Waals surface area contributed by atoms with Gasteiger partial charge < -0.3 is 9.83 Å². The molecule has 0 bridgehead atoms. The van der Waals surface area contributed by atoms with Crippen LogP contribution < -0.4 is 0 Å². The largest absolute Gasteiger partial charge is 0.362 e. The van der Waals surface area contributed by atoms with Crippen molar-refractivity contribution in [3.05, 3.63) is 34.4 Å². The molecule has 2 nitrogen and oxygen atoms in total. The first-order valence-electron chi connectivity index (χ1n) is 3.22. The van der Waals surface area contributed by atoms with Gasteiger partial charge in [-0.25, -0.2) is 6.57 Å². The van der Waals surface area contributed by atoms with Crippen LogP contribution in [-0.2, 0) is 6.54 Å². The molecular formula is C8H10N2. The van der Waals surface area contributed by atoms with Gasteiger partial charge in [0.05, 0.1) is 5.56 Å². The Labute approximate surface area is 60.7 Å². The number of aryl methyl sites for hydroxylation is 2. The van der Waals surface area contributed by atoms with E-state index in [0.29, 0.717) is 6.54 Å². The number of hydrogen-bond donors (Lipinski definition) is 1. The van der Waals surface area contributed by atoms with E-state index in [9.17, 15) is 0 Å². The molecule has 1 aromatic rings. The molecule has 0 aliphatic heterocycles. The molecular weight excluding hydrogens is 124 g/mol. The average molecular weight is 134 g/mol. The van der Waals surface area contributed by atoms with Crippen LogP contribution in [0.4, 0.5) is 0 Å². The zero-order chi connectivity index (χ0) is 7.56. The fraction of sp³-hybridized carbons (Fsp3) is 0.375. The molecule has 0 fully saturated rings. The van der Waals surface area contributed by atoms with Gasteiger partial charge in [-0.3, -0.25) is 0 Å². The monoisotopic (exact) mass is 134 g/mol. The van der Waals surface area contributed by atoms with Gasteiger partial charge in [-0.05, 0) is 19.9 Å². The number of rotatable bonds is 1. The lowest BCUT2D eigenvalue weighted by molar-refractivity contribution is 1.15. The maximum absolute atomic E-state index is 6.66. The van der Waals surface area contributed by atoms with Gasteiger partial charge >= 0.3 is 0 Å². The maximum atomic E-state index is 6.66. The Kier molecular flexibility index (Phi) is 1.77. The van der Waals surface area contributed by atoms with E-state index in [4.69, 9.17) is 6.57 Å². The van der Waals surface area contributed by atoms with Crippen molar-refractivity contribution < 1.29 is 0 Å². The molecule has 0 radical (unpaired) electrons. The lowest BCUT2D eigenvalue weighted by Crippen LogP contribution is -1.78. The smallest absolute Gasteiger partial charge is 0.241 e. The van der Waals surface area contributed by atoms with Crippen molar-refractivity contribution in [3.63, 3.8) is 0 Å². The Morgan fingerprint density at radius 2 is 2.30 bits per heavy atom. The van der Waals surface area contributed by atoms with Crippen molar-refractivity contribution in [2.45, 2.75) is 20.4 Å². The molecule has 1 aromatic heterocycles. The fourth-order valence-electron chi connectivity index (χ4n) is 1.03. The van der Waals surface area contributed by atoms with Crippen LogP contribution >= 0.6 is 0 Å². The molecule has 1 rings (SSSR count). The van der Waals surface area contributed by atoms with Crippen molar-refractivity contribution in [2.75, 3.05) is 0 Å². The van der Waals surface area contributed by atoms with Crippen LogP contribution in [0.25, 0.3) is 4.85 Å². The maximum Gasteiger partial charge on any atom is 0.241 e. The third kappa shape index (κ3) is 1.19. The molecule has 52 valence electrons. The standard InChI is InChI=1S/C8H10N2/c1-6-4-8(5-9-3)7(2)10-6/h4,10H,5H2,1-2H3. The van der Waals surface area contributed by atoms with Gasteiger partial charge in [0.2, 0.25) is 6.54 Å². The summed E-state index contributed by atoms with van der Waals surface area (Å²) in [5.74, 6) is 0. The van der Waals surface area contributed by atoms with Gasteiger partial charge in [-0.1, -0.05) is 0 Å². The SMILES string of the molecule is [C-]#[N+]Cc1cc(C)[nH]c1C. The van der Waals surface area contributed by atoms with Crippen LogP contribution in [0.5, 0.6) is 0 Å². The van der Waals surface area contributed by atoms with E-state index < -0.39 is 0 Å². The summed E-state index contributed by atoms with van der Waals surface area (Å²) in [6.07, 6.45) is 0. The molecule has 10 heavy (non-hydrogen) atoms. The number of H-pyrrole nitrogens is 1. The third-order valence-electron chi connectivity index (χ3n) is 1.51. The molecule has 0 spiro atoms. The van der Waals surface area contributed by atoms with E-state index in [-0.39, 0.29) is 0 Å². The molecule has 1 heterocycles. The Morgan fingerprint density at radius 3 is 2.70 bits per heavy atom. The third-order valence-corrected chi connectivity index (χ3v) is 1.51. The second kappa shape index (κ2) is 2.57. The number of hydrogen-bond acceptors (Lipinski definition) is 0. The lowest BCUT2D eigenvalue weighted by atomic mass is 10.2. The molecule has 0 amide bonds. The summed E-state index contributed by atoms with van der Waals surface area (Å²) in [6, 6.07) is 2.02. The van der Waals surface area contributed by atoms with Crippen LogP contribution in [0.3, 0.4) is 0 Å². The van der Waals surface area contributed by atoms with E-state index in [0.717, 1.165) is 17.0 Å². The Hall–Kier alpha value is -1.23. The zero-order valence-corrected chi connectivity index (χ0v) is 6.23. The van der Waals surface area contributed by atoms with Gasteiger partial charge in [0, 0.05) is 11.4 Å². The van der Waals surface area contributed by atoms with Gasteiger partial charge in [0.15, 0.2) is 0 Å². The summed E-state index contributed by atoms with van der Waals surface area (Å²) in [7, 11) is 0. The van der Waals surface area contributed by atoms with Crippen LogP contribution in [-0.4, -0.2) is 4.98 Å². The fourth-order valence-corrected chi connectivity index (χ4v) is 1.03. The van der Waals surface area contributed by atoms with Crippen molar-refractivity contribution in [3.8, 4) is 0 Å². The van der Waals surface area contributed by atoms with Gasteiger partial charge in [-0.15, -0.1) is 0 Å². The van der Waals surface area contributed by atoms with E-state index in [2.05, 4.69) is 9.83 Å². The molecule has 0 saturated carbocycles. The van der Waals surface area contributed by atoms with Crippen LogP contribution in [0.1, 0.15) is 17.0 Å². The summed E-state index contributed by atoms with van der Waals surface area (Å²) >= 11 is 0. The predicted molar refractivity (Wildman–Crippen MR) is 40.6 cm³/mol. The van der Waals surface area contributed by atoms with Crippen LogP contribution in [0, 0.1) is 20.4 Å². The van der Waals surface area contributed by atoms with E-state index in [1.165, 1.54) is 0 Å². The summed E-state index contributed by atoms with van der Waals surface area (Å²) in [5, 5.41) is 0. The highest BCUT2D eigenvalue weighted by Gasteiger charge is 2.01. The topological polar surface area (TPSA) is 20.1 Å². The quantitative estimate of drug-likeness (QED) is 0.567. The van der Waals surface area contributed by atoms with Crippen molar-refractivity contribution in [2.24, 2.45) is 0 Å². The minimum absolute atomic E-state index is 0.496. The highest BCUT2D eigenvalue weighted by Crippen LogP contribution is 2.09.